The van der Waals surface area contributed by atoms with E-state index >= 15 is 0 Å². The van der Waals surface area contributed by atoms with Crippen molar-refractivity contribution >= 4 is 17.7 Å². The van der Waals surface area contributed by atoms with E-state index < -0.39 is 12.1 Å². The Morgan fingerprint density at radius 2 is 1.51 bits per heavy atom. The number of hydrogen-bond acceptors (Lipinski definition) is 10. The van der Waals surface area contributed by atoms with Gasteiger partial charge in [0.15, 0.2) is 11.7 Å². The van der Waals surface area contributed by atoms with E-state index in [1.807, 2.05) is 35.4 Å². The number of carbonyl (C=O) groups is 2. The Labute approximate surface area is 331 Å². The zero-order chi connectivity index (χ0) is 39.8. The van der Waals surface area contributed by atoms with Crippen LogP contribution < -0.4 is 15.5 Å². The first-order valence-electron chi connectivity index (χ1n) is 19.4. The molecule has 14 nitrogen and oxygen atoms in total. The molecule has 1 saturated heterocycles. The van der Waals surface area contributed by atoms with Crippen LogP contribution in [0.1, 0.15) is 68.0 Å². The van der Waals surface area contributed by atoms with Crippen LogP contribution in [0.15, 0.2) is 92.0 Å². The molecule has 5 aromatic rings. The number of aromatic amines is 2. The molecule has 57 heavy (non-hydrogen) atoms. The third-order valence-electron chi connectivity index (χ3n) is 11.3. The van der Waals surface area contributed by atoms with Gasteiger partial charge < -0.3 is 35.0 Å². The largest absolute Gasteiger partial charge is 0.483 e. The average molecular weight is 769 g/mol. The monoisotopic (exact) mass is 768 g/mol. The van der Waals surface area contributed by atoms with Crippen molar-refractivity contribution in [1.82, 2.24) is 45.4 Å². The summed E-state index contributed by atoms with van der Waals surface area (Å²) in [5.74, 6) is 2.64. The molecule has 4 N–H and O–H groups in total. The lowest BCUT2D eigenvalue weighted by molar-refractivity contribution is -0.121. The number of ether oxygens (including phenoxy) is 2. The number of nitrogens with zero attached hydrogens (tertiary/aromatic N) is 6. The predicted molar refractivity (Wildman–Crippen MR) is 216 cm³/mol. The molecule has 3 aromatic heterocycles. The number of likely N-dealkylation sites (tertiary alicyclic amines) is 1. The van der Waals surface area contributed by atoms with E-state index in [1.54, 1.807) is 25.7 Å². The summed E-state index contributed by atoms with van der Waals surface area (Å²) < 4.78 is 10.1. The molecule has 0 radical (unpaired) electrons. The predicted octanol–water partition coefficient (Wildman–Crippen LogP) is 6.61. The maximum atomic E-state index is 14.0. The molecule has 294 valence electrons. The molecule has 0 unspecified atom stereocenters. The number of amides is 2. The van der Waals surface area contributed by atoms with Crippen LogP contribution in [0, 0.1) is 5.92 Å². The van der Waals surface area contributed by atoms with Gasteiger partial charge in [-0.15, -0.1) is 0 Å². The minimum atomic E-state index is -0.470. The van der Waals surface area contributed by atoms with Gasteiger partial charge in [0.05, 0.1) is 61.8 Å². The highest BCUT2D eigenvalue weighted by atomic mass is 16.5. The molecule has 1 fully saturated rings. The van der Waals surface area contributed by atoms with Crippen LogP contribution in [0.5, 0.6) is 0 Å². The molecule has 2 amide bonds. The molecule has 3 aliphatic rings. The van der Waals surface area contributed by atoms with Crippen LogP contribution in [0.25, 0.3) is 33.9 Å². The fourth-order valence-corrected chi connectivity index (χ4v) is 8.35. The van der Waals surface area contributed by atoms with E-state index in [0.717, 1.165) is 82.2 Å². The molecule has 0 saturated carbocycles. The van der Waals surface area contributed by atoms with Gasteiger partial charge in [0, 0.05) is 42.2 Å². The second-order valence-corrected chi connectivity index (χ2v) is 15.2. The van der Waals surface area contributed by atoms with Crippen molar-refractivity contribution in [1.29, 1.82) is 0 Å². The van der Waals surface area contributed by atoms with Crippen LogP contribution in [0.4, 0.5) is 10.5 Å². The van der Waals surface area contributed by atoms with Gasteiger partial charge >= 0.3 is 6.09 Å². The maximum absolute atomic E-state index is 14.0. The van der Waals surface area contributed by atoms with Crippen LogP contribution in [-0.2, 0) is 27.1 Å². The Morgan fingerprint density at radius 3 is 2.19 bits per heavy atom. The lowest BCUT2D eigenvalue weighted by Crippen LogP contribution is -2.46. The Balaban J connectivity index is 0.951. The van der Waals surface area contributed by atoms with Gasteiger partial charge in [-0.2, -0.15) is 0 Å². The van der Waals surface area contributed by atoms with Crippen LogP contribution >= 0.6 is 0 Å². The minimum Gasteiger partial charge on any atom is -0.483 e. The van der Waals surface area contributed by atoms with Gasteiger partial charge in [-0.25, -0.2) is 24.7 Å². The first-order chi connectivity index (χ1) is 27.6. The molecular weight excluding hydrogens is 721 g/mol. The van der Waals surface area contributed by atoms with E-state index in [-0.39, 0.29) is 30.0 Å². The Kier molecular flexibility index (Phi) is 10.3. The number of aromatic nitrogens is 6. The third kappa shape index (κ3) is 7.23. The van der Waals surface area contributed by atoms with E-state index in [1.165, 1.54) is 7.11 Å². The molecule has 3 aliphatic heterocycles. The number of imidazole rings is 2. The molecule has 0 bridgehead atoms. The second-order valence-electron chi connectivity index (χ2n) is 15.2. The maximum Gasteiger partial charge on any atom is 0.407 e. The summed E-state index contributed by atoms with van der Waals surface area (Å²) in [6.45, 7) is 13.2. The molecule has 0 spiro atoms. The normalized spacial score (nSPS) is 19.2. The number of aryl methyl sites for hydroxylation is 1. The lowest BCUT2D eigenvalue weighted by Gasteiger charge is -2.34. The first-order valence-corrected chi connectivity index (χ1v) is 19.4. The number of carbonyl (C=O) groups excluding carboxylic acids is 2. The van der Waals surface area contributed by atoms with E-state index in [4.69, 9.17) is 29.4 Å². The summed E-state index contributed by atoms with van der Waals surface area (Å²) in [7, 11) is 2.91. The van der Waals surface area contributed by atoms with Gasteiger partial charge in [-0.3, -0.25) is 9.69 Å². The van der Waals surface area contributed by atoms with Crippen LogP contribution in [0.2, 0.25) is 0 Å². The Hall–Kier alpha value is -6.44. The van der Waals surface area contributed by atoms with Gasteiger partial charge in [0.25, 0.3) is 0 Å². The molecule has 4 atom stereocenters. The molecule has 8 rings (SSSR count). The number of rotatable bonds is 12. The number of nitrogens with one attached hydrogen (secondary N) is 4. The molecule has 0 aliphatic carbocycles. The highest BCUT2D eigenvalue weighted by molar-refractivity contribution is 6.01. The van der Waals surface area contributed by atoms with E-state index in [9.17, 15) is 9.59 Å². The van der Waals surface area contributed by atoms with Crippen molar-refractivity contribution in [2.45, 2.75) is 70.1 Å². The number of para-hydroxylation sites is 1. The number of benzene rings is 2. The van der Waals surface area contributed by atoms with E-state index in [2.05, 4.69) is 70.7 Å². The standard InChI is InChI=1S/C43H48N10O4/c1-24(2)37(51-43(55)57-6)25(3)52-18-8-11-35(52)40-46-22-33(49-40)27-12-14-29(15-13-27)39-44-20-31(21-45-39)34-23-47-41(50-34)36-19-30-10-7-9-28-16-17-32(48-26(4)56-5)42(54)53(36)38(28)30/h7,9-10,12-15,20-24,32,35-37,48H,3-4,8,11,16-19H2,1-2,5-6H3,(H,46,49)(H,47,50)(H,51,55)/t32-,35-,36-,37-/m0/s1. The van der Waals surface area contributed by atoms with Crippen LogP contribution in [0.3, 0.4) is 0 Å². The van der Waals surface area contributed by atoms with Gasteiger partial charge in [-0.05, 0) is 54.9 Å². The zero-order valence-electron chi connectivity index (χ0n) is 32.7. The molecule has 14 heteroatoms. The number of methoxy groups -OCH3 is 2. The number of hydrogen-bond donors (Lipinski definition) is 4. The van der Waals surface area contributed by atoms with Crippen molar-refractivity contribution in [2.24, 2.45) is 5.92 Å². The molecule has 6 heterocycles. The van der Waals surface area contributed by atoms with Gasteiger partial charge in [0.2, 0.25) is 5.91 Å². The first kappa shape index (κ1) is 37.5. The SMILES string of the molecule is C=C(N[C@H]1CCc2cccc3c2N(C1=O)[C@H](c1ncc(-c2cnc(-c4ccc(-c5cnc([C@@H]6CCCN6C(=C)[C@@H](NC(=O)OC)C(C)C)[nH]5)cc4)nc2)[nH]1)C3)OC. The topological polar surface area (TPSA) is 166 Å². The van der Waals surface area contributed by atoms with Crippen molar-refractivity contribution in [3.05, 3.63) is 115 Å². The molecular formula is C43H48N10O4. The summed E-state index contributed by atoms with van der Waals surface area (Å²) in [4.78, 5) is 56.1. The fourth-order valence-electron chi connectivity index (χ4n) is 8.35. The molecule has 2 aromatic carbocycles. The van der Waals surface area contributed by atoms with Gasteiger partial charge in [-0.1, -0.05) is 62.9 Å². The summed E-state index contributed by atoms with van der Waals surface area (Å²) >= 11 is 0. The van der Waals surface area contributed by atoms with Crippen molar-refractivity contribution in [3.63, 3.8) is 0 Å². The quantitative estimate of drug-likeness (QED) is 0.102. The highest BCUT2D eigenvalue weighted by Crippen LogP contribution is 2.45. The minimum absolute atomic E-state index is 0.0276. The average Bonchev–Trinajstić information content (AvgIpc) is 4.06. The Morgan fingerprint density at radius 1 is 0.842 bits per heavy atom. The number of alkyl carbamates (subject to hydrolysis) is 1. The lowest BCUT2D eigenvalue weighted by atomic mass is 10.00. The number of H-pyrrole nitrogens is 2. The summed E-state index contributed by atoms with van der Waals surface area (Å²) in [5.41, 5.74) is 8.46. The summed E-state index contributed by atoms with van der Waals surface area (Å²) in [6.07, 6.45) is 10.7. The van der Waals surface area contributed by atoms with Crippen LogP contribution in [-0.4, -0.2) is 79.7 Å². The summed E-state index contributed by atoms with van der Waals surface area (Å²) in [5, 5.41) is 6.11. The highest BCUT2D eigenvalue weighted by Gasteiger charge is 2.42. The summed E-state index contributed by atoms with van der Waals surface area (Å²) in [6, 6.07) is 13.4. The third-order valence-corrected chi connectivity index (χ3v) is 11.3. The van der Waals surface area contributed by atoms with Crippen molar-refractivity contribution in [2.75, 3.05) is 25.7 Å². The smallest absolute Gasteiger partial charge is 0.407 e. The zero-order valence-corrected chi connectivity index (χ0v) is 32.7. The number of anilines is 1. The second kappa shape index (κ2) is 15.6. The fraction of sp³-hybridized carbons (Fsp3) is 0.349. The van der Waals surface area contributed by atoms with Crippen molar-refractivity contribution < 1.29 is 19.1 Å². The van der Waals surface area contributed by atoms with E-state index in [0.29, 0.717) is 30.4 Å². The Bertz CT molecular complexity index is 2300. The van der Waals surface area contributed by atoms with Crippen molar-refractivity contribution in [3.8, 4) is 33.9 Å². The van der Waals surface area contributed by atoms with Gasteiger partial charge in [0.1, 0.15) is 17.7 Å².